The van der Waals surface area contributed by atoms with Crippen LogP contribution in [0.4, 0.5) is 19.3 Å². The van der Waals surface area contributed by atoms with Crippen LogP contribution in [0.15, 0.2) is 48.5 Å². The minimum absolute atomic E-state index is 0.103. The third-order valence-corrected chi connectivity index (χ3v) is 6.85. The first-order chi connectivity index (χ1) is 16.9. The smallest absolute Gasteiger partial charge is 0.319 e. The van der Waals surface area contributed by atoms with Crippen LogP contribution in [0.5, 0.6) is 0 Å². The summed E-state index contributed by atoms with van der Waals surface area (Å²) in [5.41, 5.74) is 1.67. The van der Waals surface area contributed by atoms with Crippen LogP contribution in [-0.4, -0.2) is 61.3 Å². The fourth-order valence-electron chi connectivity index (χ4n) is 5.05. The highest BCUT2D eigenvalue weighted by Gasteiger charge is 2.37. The number of hydrogen-bond acceptors (Lipinski definition) is 4. The third kappa shape index (κ3) is 6.86. The molecule has 0 bridgehead atoms. The summed E-state index contributed by atoms with van der Waals surface area (Å²) in [5, 5.41) is 5.45. The van der Waals surface area contributed by atoms with E-state index < -0.39 is 24.3 Å². The molecule has 6 nitrogen and oxygen atoms in total. The number of benzene rings is 2. The highest BCUT2D eigenvalue weighted by Crippen LogP contribution is 2.25. The maximum atomic E-state index is 14.9. The number of carbonyl (C=O) groups is 2. The third-order valence-electron chi connectivity index (χ3n) is 6.85. The molecule has 2 amide bonds. The first-order valence-corrected chi connectivity index (χ1v) is 12.3. The maximum absolute atomic E-state index is 14.9. The van der Waals surface area contributed by atoms with E-state index >= 15 is 0 Å². The van der Waals surface area contributed by atoms with Gasteiger partial charge in [-0.1, -0.05) is 30.3 Å². The number of carbonyl (C=O) groups excluding carboxylic acids is 2. The molecule has 0 saturated carbocycles. The molecule has 0 aromatic heterocycles. The highest BCUT2D eigenvalue weighted by molar-refractivity contribution is 5.96. The average molecular weight is 486 g/mol. The first-order valence-electron chi connectivity index (χ1n) is 12.3. The van der Waals surface area contributed by atoms with Crippen LogP contribution in [0, 0.1) is 11.7 Å². The molecular weight excluding hydrogens is 452 g/mol. The van der Waals surface area contributed by atoms with Gasteiger partial charge in [-0.05, 0) is 62.4 Å². The van der Waals surface area contributed by atoms with E-state index in [0.717, 1.165) is 31.5 Å². The lowest BCUT2D eigenvalue weighted by molar-refractivity contribution is -0.0599. The molecule has 2 aliphatic rings. The second-order valence-electron chi connectivity index (χ2n) is 9.54. The number of ketones is 1. The van der Waals surface area contributed by atoms with Gasteiger partial charge in [0.05, 0.1) is 12.1 Å². The van der Waals surface area contributed by atoms with Crippen molar-refractivity contribution >= 4 is 17.5 Å². The molecule has 4 atom stereocenters. The van der Waals surface area contributed by atoms with Gasteiger partial charge in [-0.15, -0.1) is 0 Å². The predicted octanol–water partition coefficient (Wildman–Crippen LogP) is 4.60. The topological polar surface area (TPSA) is 70.7 Å². The van der Waals surface area contributed by atoms with Crippen molar-refractivity contribution < 1.29 is 23.1 Å². The van der Waals surface area contributed by atoms with Crippen molar-refractivity contribution in [2.75, 3.05) is 31.6 Å². The van der Waals surface area contributed by atoms with Gasteiger partial charge in [0.2, 0.25) is 0 Å². The Labute approximate surface area is 205 Å². The van der Waals surface area contributed by atoms with Crippen molar-refractivity contribution in [3.8, 4) is 0 Å². The molecule has 8 heteroatoms. The number of urea groups is 1. The van der Waals surface area contributed by atoms with Gasteiger partial charge in [-0.2, -0.15) is 0 Å². The molecule has 2 fully saturated rings. The molecule has 2 aliphatic heterocycles. The van der Waals surface area contributed by atoms with Gasteiger partial charge in [0.25, 0.3) is 0 Å². The van der Waals surface area contributed by atoms with E-state index in [9.17, 15) is 18.4 Å². The summed E-state index contributed by atoms with van der Waals surface area (Å²) in [6.07, 6.45) is 1.19. The fourth-order valence-corrected chi connectivity index (χ4v) is 5.05. The molecule has 2 N–H and O–H groups in total. The Kier molecular flexibility index (Phi) is 8.46. The minimum atomic E-state index is -1.22. The number of nitrogens with zero attached hydrogens (tertiary/aromatic N) is 1. The lowest BCUT2D eigenvalue weighted by Crippen LogP contribution is -2.58. The SMILES string of the molecule is CC(=O)c1cccc(NC(=O)N[C@@H]2[C@@H](F)CCO[C@@H]2CN2CCC[C@H](Cc3ccccc3F)C2)c1. The number of amides is 2. The number of anilines is 1. The van der Waals surface area contributed by atoms with Gasteiger partial charge in [-0.25, -0.2) is 13.6 Å². The summed E-state index contributed by atoms with van der Waals surface area (Å²) >= 11 is 0. The summed E-state index contributed by atoms with van der Waals surface area (Å²) in [6.45, 7) is 3.90. The van der Waals surface area contributed by atoms with Crippen LogP contribution in [0.1, 0.15) is 42.1 Å². The number of rotatable bonds is 7. The van der Waals surface area contributed by atoms with E-state index in [1.807, 2.05) is 12.1 Å². The Bertz CT molecular complexity index is 1030. The molecule has 2 saturated heterocycles. The molecule has 2 heterocycles. The molecule has 2 aromatic rings. The van der Waals surface area contributed by atoms with Crippen molar-refractivity contribution in [2.45, 2.75) is 50.9 Å². The molecule has 0 unspecified atom stereocenters. The largest absolute Gasteiger partial charge is 0.375 e. The summed E-state index contributed by atoms with van der Waals surface area (Å²) < 4.78 is 34.9. The zero-order valence-electron chi connectivity index (χ0n) is 20.0. The molecule has 2 aromatic carbocycles. The van der Waals surface area contributed by atoms with Gasteiger partial charge >= 0.3 is 6.03 Å². The number of piperidine rings is 1. The minimum Gasteiger partial charge on any atom is -0.375 e. The normalized spacial score (nSPS) is 25.1. The molecule has 0 aliphatic carbocycles. The van der Waals surface area contributed by atoms with Crippen LogP contribution >= 0.6 is 0 Å². The van der Waals surface area contributed by atoms with Gasteiger partial charge in [0, 0.05) is 37.4 Å². The Morgan fingerprint density at radius 1 is 1.14 bits per heavy atom. The average Bonchev–Trinajstić information content (AvgIpc) is 2.83. The molecule has 4 rings (SSSR count). The molecule has 188 valence electrons. The standard InChI is InChI=1S/C27H33F2N3O3/c1-18(33)20-8-4-9-22(15-20)30-27(34)31-26-24(29)11-13-35-25(26)17-32-12-5-6-19(16-32)14-21-7-2-3-10-23(21)28/h2-4,7-10,15,19,24-26H,5-6,11-14,16-17H2,1H3,(H2,30,31,34)/t19-,24+,25-,26-/m1/s1. The molecule has 0 spiro atoms. The van der Waals surface area contributed by atoms with E-state index in [-0.39, 0.29) is 18.0 Å². The van der Waals surface area contributed by atoms with E-state index in [1.165, 1.54) is 13.0 Å². The number of ether oxygens (including phenoxy) is 1. The van der Waals surface area contributed by atoms with Gasteiger partial charge in [0.15, 0.2) is 5.78 Å². The number of hydrogen-bond donors (Lipinski definition) is 2. The fraction of sp³-hybridized carbons (Fsp3) is 0.481. The number of halogens is 2. The monoisotopic (exact) mass is 485 g/mol. The Balaban J connectivity index is 1.35. The predicted molar refractivity (Wildman–Crippen MR) is 131 cm³/mol. The van der Waals surface area contributed by atoms with Crippen molar-refractivity contribution in [3.05, 3.63) is 65.5 Å². The molecular formula is C27H33F2N3O3. The summed E-state index contributed by atoms with van der Waals surface area (Å²) in [5.74, 6) is 0.0340. The van der Waals surface area contributed by atoms with Crippen molar-refractivity contribution in [2.24, 2.45) is 5.92 Å². The van der Waals surface area contributed by atoms with Crippen LogP contribution in [0.3, 0.4) is 0 Å². The van der Waals surface area contributed by atoms with Crippen LogP contribution in [0.25, 0.3) is 0 Å². The second-order valence-corrected chi connectivity index (χ2v) is 9.54. The zero-order chi connectivity index (χ0) is 24.8. The zero-order valence-corrected chi connectivity index (χ0v) is 20.0. The van der Waals surface area contributed by atoms with Crippen molar-refractivity contribution in [1.29, 1.82) is 0 Å². The van der Waals surface area contributed by atoms with Gasteiger partial charge < -0.3 is 20.3 Å². The van der Waals surface area contributed by atoms with Crippen LogP contribution in [-0.2, 0) is 11.2 Å². The summed E-state index contributed by atoms with van der Waals surface area (Å²) in [4.78, 5) is 26.5. The lowest BCUT2D eigenvalue weighted by atomic mass is 9.90. The Hall–Kier alpha value is -2.84. The van der Waals surface area contributed by atoms with E-state index in [4.69, 9.17) is 4.74 Å². The number of nitrogens with one attached hydrogen (secondary N) is 2. The summed E-state index contributed by atoms with van der Waals surface area (Å²) in [6, 6.07) is 12.2. The van der Waals surface area contributed by atoms with E-state index in [0.29, 0.717) is 36.7 Å². The van der Waals surface area contributed by atoms with Crippen LogP contribution < -0.4 is 10.6 Å². The number of alkyl halides is 1. The van der Waals surface area contributed by atoms with E-state index in [1.54, 1.807) is 30.3 Å². The Morgan fingerprint density at radius 3 is 2.77 bits per heavy atom. The maximum Gasteiger partial charge on any atom is 0.319 e. The quantitative estimate of drug-likeness (QED) is 0.563. The first kappa shape index (κ1) is 25.3. The van der Waals surface area contributed by atoms with Crippen LogP contribution in [0.2, 0.25) is 0 Å². The Morgan fingerprint density at radius 2 is 1.97 bits per heavy atom. The number of likely N-dealkylation sites (tertiary alicyclic amines) is 1. The van der Waals surface area contributed by atoms with E-state index in [2.05, 4.69) is 15.5 Å². The highest BCUT2D eigenvalue weighted by atomic mass is 19.1. The number of Topliss-reactive ketones (excluding diaryl/α,β-unsaturated/α-hetero) is 1. The molecule has 0 radical (unpaired) electrons. The second kappa shape index (κ2) is 11.7. The van der Waals surface area contributed by atoms with Gasteiger partial charge in [0.1, 0.15) is 12.0 Å². The van der Waals surface area contributed by atoms with Crippen molar-refractivity contribution in [1.82, 2.24) is 10.2 Å². The van der Waals surface area contributed by atoms with Gasteiger partial charge in [-0.3, -0.25) is 4.79 Å². The summed E-state index contributed by atoms with van der Waals surface area (Å²) in [7, 11) is 0. The molecule has 35 heavy (non-hydrogen) atoms. The lowest BCUT2D eigenvalue weighted by Gasteiger charge is -2.40. The van der Waals surface area contributed by atoms with Crippen molar-refractivity contribution in [3.63, 3.8) is 0 Å².